The van der Waals surface area contributed by atoms with E-state index in [0.29, 0.717) is 37.3 Å². The molecule has 3 aromatic rings. The number of piperidine rings is 1. The molecule has 0 saturated carbocycles. The summed E-state index contributed by atoms with van der Waals surface area (Å²) >= 11 is 0. The lowest BCUT2D eigenvalue weighted by atomic mass is 9.98. The van der Waals surface area contributed by atoms with E-state index in [1.807, 2.05) is 25.1 Å². The molecule has 0 radical (unpaired) electrons. The second-order valence-electron chi connectivity index (χ2n) is 9.00. The minimum absolute atomic E-state index is 0.00976. The number of ether oxygens (including phenoxy) is 1. The first-order valence-corrected chi connectivity index (χ1v) is 11.9. The number of carbonyl (C=O) groups is 1. The van der Waals surface area contributed by atoms with Crippen LogP contribution < -0.4 is 10.3 Å². The van der Waals surface area contributed by atoms with Gasteiger partial charge in [-0.25, -0.2) is 9.50 Å². The lowest BCUT2D eigenvalue weighted by Gasteiger charge is -2.35. The second-order valence-corrected chi connectivity index (χ2v) is 9.00. The first-order valence-electron chi connectivity index (χ1n) is 11.9. The number of H-pyrrole nitrogens is 1. The van der Waals surface area contributed by atoms with Crippen molar-refractivity contribution < 1.29 is 9.53 Å². The van der Waals surface area contributed by atoms with Crippen molar-refractivity contribution in [1.82, 2.24) is 24.4 Å². The second kappa shape index (κ2) is 9.02. The van der Waals surface area contributed by atoms with Crippen LogP contribution in [0.2, 0.25) is 0 Å². The van der Waals surface area contributed by atoms with Crippen LogP contribution in [0.3, 0.4) is 0 Å². The topological polar surface area (TPSA) is 82.9 Å². The standard InChI is InChI=1S/C25H31N5O3/c1-3-33-19-9-7-18(8-10-19)15-29-12-5-4-6-23(29)22-14-24-26-21-11-13-28(17(2)31)16-20(21)25(32)30(24)27-22/h7-10,14,23,27H,3-6,11-13,15-16H2,1-2H3/t23-/m0/s1. The summed E-state index contributed by atoms with van der Waals surface area (Å²) in [6.45, 7) is 7.00. The summed E-state index contributed by atoms with van der Waals surface area (Å²) in [4.78, 5) is 34.0. The average molecular weight is 450 g/mol. The SMILES string of the molecule is CCOc1ccc(CN2CCCC[C@H]2c2cc3nc4c(c(=O)n3[nH]2)CN(C(C)=O)CC4)cc1. The van der Waals surface area contributed by atoms with E-state index in [1.165, 1.54) is 12.0 Å². The number of fused-ring (bicyclic) bond motifs is 2. The van der Waals surface area contributed by atoms with E-state index in [4.69, 9.17) is 9.72 Å². The highest BCUT2D eigenvalue weighted by Crippen LogP contribution is 2.32. The Hall–Kier alpha value is -3.13. The Bertz CT molecular complexity index is 1210. The Kier molecular flexibility index (Phi) is 5.93. The summed E-state index contributed by atoms with van der Waals surface area (Å²) in [6.07, 6.45) is 3.98. The van der Waals surface area contributed by atoms with Crippen molar-refractivity contribution >= 4 is 11.6 Å². The molecular weight excluding hydrogens is 418 g/mol. The van der Waals surface area contributed by atoms with Crippen LogP contribution in [0.15, 0.2) is 35.1 Å². The van der Waals surface area contributed by atoms with Gasteiger partial charge in [0.25, 0.3) is 5.56 Å². The van der Waals surface area contributed by atoms with Gasteiger partial charge in [-0.3, -0.25) is 19.6 Å². The summed E-state index contributed by atoms with van der Waals surface area (Å²) in [5, 5.41) is 3.35. The van der Waals surface area contributed by atoms with Crippen LogP contribution in [0.4, 0.5) is 0 Å². The largest absolute Gasteiger partial charge is 0.494 e. The number of amides is 1. The normalized spacial score (nSPS) is 19.0. The molecule has 2 aliphatic rings. The molecule has 2 aromatic heterocycles. The van der Waals surface area contributed by atoms with Crippen LogP contribution in [0.25, 0.3) is 5.65 Å². The third-order valence-corrected chi connectivity index (χ3v) is 6.82. The van der Waals surface area contributed by atoms with Gasteiger partial charge in [-0.1, -0.05) is 18.6 Å². The zero-order valence-corrected chi connectivity index (χ0v) is 19.3. The molecule has 1 amide bonds. The minimum atomic E-state index is -0.0962. The molecule has 5 rings (SSSR count). The average Bonchev–Trinajstić information content (AvgIpc) is 3.25. The maximum Gasteiger partial charge on any atom is 0.277 e. The van der Waals surface area contributed by atoms with Crippen molar-refractivity contribution in [2.75, 3.05) is 19.7 Å². The number of benzene rings is 1. The Morgan fingerprint density at radius 1 is 1.21 bits per heavy atom. The maximum absolute atomic E-state index is 13.2. The fourth-order valence-corrected chi connectivity index (χ4v) is 5.06. The third-order valence-electron chi connectivity index (χ3n) is 6.82. The van der Waals surface area contributed by atoms with Crippen LogP contribution in [0, 0.1) is 0 Å². The molecule has 1 aromatic carbocycles. The van der Waals surface area contributed by atoms with Gasteiger partial charge in [0.05, 0.1) is 36.1 Å². The summed E-state index contributed by atoms with van der Waals surface area (Å²) in [7, 11) is 0. The number of nitrogens with zero attached hydrogens (tertiary/aromatic N) is 4. The molecule has 1 saturated heterocycles. The number of likely N-dealkylation sites (tertiary alicyclic amines) is 1. The van der Waals surface area contributed by atoms with Crippen molar-refractivity contribution in [3.63, 3.8) is 0 Å². The summed E-state index contributed by atoms with van der Waals surface area (Å²) in [5.74, 6) is 0.884. The predicted molar refractivity (Wildman–Crippen MR) is 125 cm³/mol. The predicted octanol–water partition coefficient (Wildman–Crippen LogP) is 3.05. The molecule has 1 fully saturated rings. The van der Waals surface area contributed by atoms with E-state index in [2.05, 4.69) is 22.1 Å². The van der Waals surface area contributed by atoms with E-state index >= 15 is 0 Å². The lowest BCUT2D eigenvalue weighted by Crippen LogP contribution is -2.39. The van der Waals surface area contributed by atoms with Gasteiger partial charge in [0, 0.05) is 32.5 Å². The van der Waals surface area contributed by atoms with Gasteiger partial charge in [0.2, 0.25) is 5.91 Å². The van der Waals surface area contributed by atoms with Crippen molar-refractivity contribution in [2.45, 2.75) is 58.7 Å². The number of aromatic nitrogens is 3. The quantitative estimate of drug-likeness (QED) is 0.647. The molecular formula is C25H31N5O3. The highest BCUT2D eigenvalue weighted by molar-refractivity contribution is 5.73. The highest BCUT2D eigenvalue weighted by Gasteiger charge is 2.28. The van der Waals surface area contributed by atoms with Gasteiger partial charge in [-0.05, 0) is 44.0 Å². The smallest absolute Gasteiger partial charge is 0.277 e. The minimum Gasteiger partial charge on any atom is -0.494 e. The fraction of sp³-hybridized carbons (Fsp3) is 0.480. The van der Waals surface area contributed by atoms with Gasteiger partial charge in [0.1, 0.15) is 5.75 Å². The van der Waals surface area contributed by atoms with Crippen molar-refractivity contribution in [1.29, 1.82) is 0 Å². The molecule has 0 spiro atoms. The van der Waals surface area contributed by atoms with E-state index in [1.54, 1.807) is 16.3 Å². The summed E-state index contributed by atoms with van der Waals surface area (Å²) in [5.41, 5.74) is 4.28. The first kappa shape index (κ1) is 21.7. The molecule has 0 bridgehead atoms. The highest BCUT2D eigenvalue weighted by atomic mass is 16.5. The van der Waals surface area contributed by atoms with Gasteiger partial charge in [-0.15, -0.1) is 0 Å². The molecule has 2 aliphatic heterocycles. The molecule has 8 nitrogen and oxygen atoms in total. The van der Waals surface area contributed by atoms with E-state index in [-0.39, 0.29) is 17.5 Å². The maximum atomic E-state index is 13.2. The van der Waals surface area contributed by atoms with Crippen molar-refractivity contribution in [2.24, 2.45) is 0 Å². The van der Waals surface area contributed by atoms with E-state index in [0.717, 1.165) is 43.1 Å². The van der Waals surface area contributed by atoms with Crippen LogP contribution in [0.1, 0.15) is 61.7 Å². The monoisotopic (exact) mass is 449 g/mol. The zero-order chi connectivity index (χ0) is 22.9. The van der Waals surface area contributed by atoms with Gasteiger partial charge < -0.3 is 9.64 Å². The number of hydrogen-bond acceptors (Lipinski definition) is 5. The molecule has 4 heterocycles. The molecule has 174 valence electrons. The number of carbonyl (C=O) groups excluding carboxylic acids is 1. The molecule has 1 N–H and O–H groups in total. The van der Waals surface area contributed by atoms with E-state index in [9.17, 15) is 9.59 Å². The molecule has 1 atom stereocenters. The molecule has 33 heavy (non-hydrogen) atoms. The number of hydrogen-bond donors (Lipinski definition) is 1. The Labute approximate surface area is 193 Å². The zero-order valence-electron chi connectivity index (χ0n) is 19.3. The number of aromatic amines is 1. The lowest BCUT2D eigenvalue weighted by molar-refractivity contribution is -0.129. The van der Waals surface area contributed by atoms with Crippen LogP contribution in [-0.4, -0.2) is 50.0 Å². The summed E-state index contributed by atoms with van der Waals surface area (Å²) in [6, 6.07) is 10.5. The van der Waals surface area contributed by atoms with Gasteiger partial charge in [-0.2, -0.15) is 0 Å². The van der Waals surface area contributed by atoms with Crippen LogP contribution in [-0.2, 0) is 24.3 Å². The van der Waals surface area contributed by atoms with E-state index < -0.39 is 0 Å². The fourth-order valence-electron chi connectivity index (χ4n) is 5.06. The molecule has 8 heteroatoms. The molecule has 0 unspecified atom stereocenters. The van der Waals surface area contributed by atoms with Crippen LogP contribution in [0.5, 0.6) is 5.75 Å². The number of nitrogens with one attached hydrogen (secondary N) is 1. The van der Waals surface area contributed by atoms with Crippen molar-refractivity contribution in [3.05, 3.63) is 63.2 Å². The van der Waals surface area contributed by atoms with Crippen molar-refractivity contribution in [3.8, 4) is 5.75 Å². The number of rotatable bonds is 5. The van der Waals surface area contributed by atoms with Gasteiger partial charge in [0.15, 0.2) is 5.65 Å². The van der Waals surface area contributed by atoms with Crippen LogP contribution >= 0.6 is 0 Å². The Balaban J connectivity index is 1.42. The Morgan fingerprint density at radius 3 is 2.79 bits per heavy atom. The third kappa shape index (κ3) is 4.27. The molecule has 0 aliphatic carbocycles. The Morgan fingerprint density at radius 2 is 2.03 bits per heavy atom. The summed E-state index contributed by atoms with van der Waals surface area (Å²) < 4.78 is 7.13. The van der Waals surface area contributed by atoms with Gasteiger partial charge >= 0.3 is 0 Å². The first-order chi connectivity index (χ1) is 16.0.